The van der Waals surface area contributed by atoms with Gasteiger partial charge in [-0.25, -0.2) is 0 Å². The molecule has 6 nitrogen and oxygen atoms in total. The van der Waals surface area contributed by atoms with Gasteiger partial charge >= 0.3 is 0 Å². The summed E-state index contributed by atoms with van der Waals surface area (Å²) in [5.74, 6) is -0.0802. The molecule has 0 aliphatic carbocycles. The summed E-state index contributed by atoms with van der Waals surface area (Å²) in [6, 6.07) is 3.84. The molecule has 0 unspecified atom stereocenters. The predicted octanol–water partition coefficient (Wildman–Crippen LogP) is 1.54. The van der Waals surface area contributed by atoms with Crippen LogP contribution in [0, 0.1) is 0 Å². The maximum Gasteiger partial charge on any atom is 0.242 e. The van der Waals surface area contributed by atoms with E-state index in [2.05, 4.69) is 0 Å². The van der Waals surface area contributed by atoms with E-state index in [1.807, 2.05) is 24.0 Å². The Morgan fingerprint density at radius 2 is 2.00 bits per heavy atom. The van der Waals surface area contributed by atoms with E-state index in [4.69, 9.17) is 16.3 Å². The number of hydrogen-bond acceptors (Lipinski definition) is 5. The Kier molecular flexibility index (Phi) is 7.48. The molecule has 2 amide bonds. The van der Waals surface area contributed by atoms with Crippen LogP contribution in [0.25, 0.3) is 0 Å². The van der Waals surface area contributed by atoms with Gasteiger partial charge in [-0.05, 0) is 18.7 Å². The molecule has 2 heterocycles. The number of halogens is 1. The topological polar surface area (TPSA) is 53.1 Å². The lowest BCUT2D eigenvalue weighted by atomic mass is 10.3. The van der Waals surface area contributed by atoms with Gasteiger partial charge in [-0.1, -0.05) is 18.5 Å². The van der Waals surface area contributed by atoms with Gasteiger partial charge in [0, 0.05) is 31.6 Å². The van der Waals surface area contributed by atoms with Gasteiger partial charge in [0.1, 0.15) is 0 Å². The third kappa shape index (κ3) is 5.73. The number of rotatable bonds is 7. The zero-order valence-corrected chi connectivity index (χ0v) is 15.7. The quantitative estimate of drug-likeness (QED) is 0.727. The highest BCUT2D eigenvalue weighted by molar-refractivity contribution is 7.16. The Hall–Kier alpha value is -1.15. The number of likely N-dealkylation sites (N-methyl/N-ethyl adjacent to an activating group) is 2. The van der Waals surface area contributed by atoms with Crippen molar-refractivity contribution in [3.63, 3.8) is 0 Å². The molecule has 0 atom stereocenters. The molecule has 1 aliphatic rings. The zero-order chi connectivity index (χ0) is 17.5. The monoisotopic (exact) mass is 373 g/mol. The number of nitrogens with zero attached hydrogens (tertiary/aromatic N) is 3. The highest BCUT2D eigenvalue weighted by Crippen LogP contribution is 2.22. The lowest BCUT2D eigenvalue weighted by Gasteiger charge is -2.29. The smallest absolute Gasteiger partial charge is 0.242 e. The molecule has 24 heavy (non-hydrogen) atoms. The van der Waals surface area contributed by atoms with Crippen molar-refractivity contribution < 1.29 is 14.3 Å². The van der Waals surface area contributed by atoms with E-state index >= 15 is 0 Å². The van der Waals surface area contributed by atoms with Crippen LogP contribution in [0.2, 0.25) is 4.34 Å². The molecule has 0 radical (unpaired) electrons. The number of hydrogen-bond donors (Lipinski definition) is 0. The molecule has 1 saturated heterocycles. The highest BCUT2D eigenvalue weighted by atomic mass is 35.5. The van der Waals surface area contributed by atoms with Crippen LogP contribution in [0.3, 0.4) is 0 Å². The second-order valence-corrected chi connectivity index (χ2v) is 7.55. The lowest BCUT2D eigenvalue weighted by molar-refractivity contribution is -0.142. The van der Waals surface area contributed by atoms with Crippen LogP contribution in [0.1, 0.15) is 11.8 Å². The van der Waals surface area contributed by atoms with Gasteiger partial charge in [0.25, 0.3) is 0 Å². The Labute approximate surface area is 151 Å². The van der Waals surface area contributed by atoms with Gasteiger partial charge in [-0.2, -0.15) is 0 Å². The van der Waals surface area contributed by atoms with E-state index in [1.54, 1.807) is 11.9 Å². The van der Waals surface area contributed by atoms with E-state index in [1.165, 1.54) is 16.2 Å². The van der Waals surface area contributed by atoms with Crippen molar-refractivity contribution in [1.82, 2.24) is 14.7 Å². The fourth-order valence-electron chi connectivity index (χ4n) is 2.45. The van der Waals surface area contributed by atoms with Crippen LogP contribution in [0.15, 0.2) is 12.1 Å². The summed E-state index contributed by atoms with van der Waals surface area (Å²) in [7, 11) is 1.68. The van der Waals surface area contributed by atoms with Crippen molar-refractivity contribution in [1.29, 1.82) is 0 Å². The van der Waals surface area contributed by atoms with Gasteiger partial charge in [0.05, 0.1) is 30.6 Å². The fraction of sp³-hybridized carbons (Fsp3) is 0.625. The molecule has 1 aromatic rings. The van der Waals surface area contributed by atoms with Crippen molar-refractivity contribution >= 4 is 34.8 Å². The van der Waals surface area contributed by atoms with Crippen molar-refractivity contribution in [3.05, 3.63) is 21.3 Å². The average Bonchev–Trinajstić information content (AvgIpc) is 2.99. The molecular formula is C16H24ClN3O3S. The van der Waals surface area contributed by atoms with E-state index in [9.17, 15) is 9.59 Å². The molecule has 0 spiro atoms. The summed E-state index contributed by atoms with van der Waals surface area (Å²) in [6.07, 6.45) is 0. The minimum absolute atomic E-state index is 0.0257. The summed E-state index contributed by atoms with van der Waals surface area (Å²) in [4.78, 5) is 31.0. The average molecular weight is 374 g/mol. The third-order valence-corrected chi connectivity index (χ3v) is 5.19. The molecule has 134 valence electrons. The third-order valence-electron chi connectivity index (χ3n) is 3.98. The molecular weight excluding hydrogens is 350 g/mol. The minimum Gasteiger partial charge on any atom is -0.378 e. The Morgan fingerprint density at radius 1 is 1.29 bits per heavy atom. The molecule has 1 aromatic heterocycles. The number of carbonyl (C=O) groups is 2. The van der Waals surface area contributed by atoms with Crippen LogP contribution >= 0.6 is 22.9 Å². The Morgan fingerprint density at radius 3 is 2.58 bits per heavy atom. The molecule has 2 rings (SSSR count). The molecule has 0 aromatic carbocycles. The van der Waals surface area contributed by atoms with Gasteiger partial charge in [-0.3, -0.25) is 14.5 Å². The molecule has 0 saturated carbocycles. The van der Waals surface area contributed by atoms with Crippen LogP contribution in [0.4, 0.5) is 0 Å². The first-order valence-corrected chi connectivity index (χ1v) is 9.25. The molecule has 1 fully saturated rings. The first-order valence-electron chi connectivity index (χ1n) is 8.05. The van der Waals surface area contributed by atoms with Crippen molar-refractivity contribution in [2.45, 2.75) is 13.5 Å². The largest absolute Gasteiger partial charge is 0.378 e. The van der Waals surface area contributed by atoms with Crippen LogP contribution in [-0.2, 0) is 20.9 Å². The maximum absolute atomic E-state index is 12.4. The summed E-state index contributed by atoms with van der Waals surface area (Å²) in [6.45, 7) is 6.19. The first kappa shape index (κ1) is 19.2. The predicted molar refractivity (Wildman–Crippen MR) is 95.3 cm³/mol. The summed E-state index contributed by atoms with van der Waals surface area (Å²) in [5.41, 5.74) is 0. The fourth-order valence-corrected chi connectivity index (χ4v) is 3.58. The summed E-state index contributed by atoms with van der Waals surface area (Å²) >= 11 is 7.47. The number of thiophene rings is 1. The Balaban J connectivity index is 1.81. The Bertz CT molecular complexity index is 561. The number of morpholine rings is 1. The first-order chi connectivity index (χ1) is 11.5. The van der Waals surface area contributed by atoms with Crippen molar-refractivity contribution in [2.24, 2.45) is 0 Å². The van der Waals surface area contributed by atoms with Crippen molar-refractivity contribution in [3.8, 4) is 0 Å². The minimum atomic E-state index is -0.0545. The second-order valence-electron chi connectivity index (χ2n) is 5.75. The normalized spacial score (nSPS) is 14.9. The molecule has 0 N–H and O–H groups in total. The number of ether oxygens (including phenoxy) is 1. The maximum atomic E-state index is 12.4. The van der Waals surface area contributed by atoms with Crippen LogP contribution in [0.5, 0.6) is 0 Å². The molecule has 8 heteroatoms. The van der Waals surface area contributed by atoms with Crippen LogP contribution < -0.4 is 0 Å². The standard InChI is InChI=1S/C16H24ClN3O3S/c1-3-19(10-13-4-5-14(17)24-13)12-15(21)18(2)11-16(22)20-6-8-23-9-7-20/h4-5H,3,6-12H2,1-2H3. The van der Waals surface area contributed by atoms with Gasteiger partial charge in [-0.15, -0.1) is 11.3 Å². The van der Waals surface area contributed by atoms with Gasteiger partial charge in [0.2, 0.25) is 11.8 Å². The zero-order valence-electron chi connectivity index (χ0n) is 14.2. The molecule has 1 aliphatic heterocycles. The second kappa shape index (κ2) is 9.36. The van der Waals surface area contributed by atoms with E-state index in [0.717, 1.165) is 15.8 Å². The summed E-state index contributed by atoms with van der Waals surface area (Å²) < 4.78 is 5.99. The molecule has 0 bridgehead atoms. The van der Waals surface area contributed by atoms with E-state index < -0.39 is 0 Å². The number of amides is 2. The highest BCUT2D eigenvalue weighted by Gasteiger charge is 2.21. The van der Waals surface area contributed by atoms with Crippen molar-refractivity contribution in [2.75, 3.05) is 53.0 Å². The number of carbonyl (C=O) groups excluding carboxylic acids is 2. The van der Waals surface area contributed by atoms with E-state index in [-0.39, 0.29) is 18.4 Å². The van der Waals surface area contributed by atoms with E-state index in [0.29, 0.717) is 39.4 Å². The lowest BCUT2D eigenvalue weighted by Crippen LogP contribution is -2.47. The SMILES string of the molecule is CCN(CC(=O)N(C)CC(=O)N1CCOCC1)Cc1ccc(Cl)s1. The van der Waals surface area contributed by atoms with Crippen LogP contribution in [-0.4, -0.2) is 79.5 Å². The summed E-state index contributed by atoms with van der Waals surface area (Å²) in [5, 5.41) is 0. The van der Waals surface area contributed by atoms with Gasteiger partial charge < -0.3 is 14.5 Å². The van der Waals surface area contributed by atoms with Gasteiger partial charge in [0.15, 0.2) is 0 Å².